The van der Waals surface area contributed by atoms with Crippen molar-refractivity contribution >= 4 is 11.9 Å². The van der Waals surface area contributed by atoms with Gasteiger partial charge in [-0.2, -0.15) is 0 Å². The van der Waals surface area contributed by atoms with Gasteiger partial charge in [0, 0.05) is 0 Å². The van der Waals surface area contributed by atoms with Crippen molar-refractivity contribution in [3.63, 3.8) is 0 Å². The van der Waals surface area contributed by atoms with Gasteiger partial charge in [-0.05, 0) is 27.7 Å². The van der Waals surface area contributed by atoms with E-state index in [0.717, 1.165) is 0 Å². The highest BCUT2D eigenvalue weighted by Crippen LogP contribution is 2.06. The van der Waals surface area contributed by atoms with Gasteiger partial charge in [-0.3, -0.25) is 4.79 Å². The number of ether oxygens (including phenoxy) is 3. The molecule has 0 aliphatic rings. The monoisotopic (exact) mass is 262 g/mol. The first-order valence-corrected chi connectivity index (χ1v) is 5.99. The summed E-state index contributed by atoms with van der Waals surface area (Å²) in [7, 11) is 0. The molecule has 1 atom stereocenters. The molecule has 0 aromatic rings. The summed E-state index contributed by atoms with van der Waals surface area (Å²) in [5.41, 5.74) is 0. The molecule has 18 heavy (non-hydrogen) atoms. The zero-order valence-corrected chi connectivity index (χ0v) is 11.3. The lowest BCUT2D eigenvalue weighted by Gasteiger charge is -2.18. The minimum atomic E-state index is -1.04. The van der Waals surface area contributed by atoms with Crippen molar-refractivity contribution in [3.05, 3.63) is 0 Å². The van der Waals surface area contributed by atoms with E-state index in [1.807, 2.05) is 0 Å². The van der Waals surface area contributed by atoms with Crippen LogP contribution in [0.25, 0.3) is 0 Å². The Morgan fingerprint density at radius 2 is 1.61 bits per heavy atom. The standard InChI is InChI=1S/C12H22O6/c1-8(2)17-11(14)7-10(16-6-5-13)12(15)18-9(3)4/h8-10,13H,5-7H2,1-4H3. The van der Waals surface area contributed by atoms with E-state index >= 15 is 0 Å². The predicted molar refractivity (Wildman–Crippen MR) is 63.9 cm³/mol. The Hall–Kier alpha value is -1.14. The maximum atomic E-state index is 11.6. The van der Waals surface area contributed by atoms with Gasteiger partial charge in [0.15, 0.2) is 6.10 Å². The molecule has 0 bridgehead atoms. The summed E-state index contributed by atoms with van der Waals surface area (Å²) < 4.78 is 15.0. The molecule has 0 saturated carbocycles. The molecular formula is C12H22O6. The lowest BCUT2D eigenvalue weighted by atomic mass is 10.2. The van der Waals surface area contributed by atoms with E-state index in [2.05, 4.69) is 0 Å². The molecular weight excluding hydrogens is 240 g/mol. The van der Waals surface area contributed by atoms with Crippen LogP contribution in [0.5, 0.6) is 0 Å². The van der Waals surface area contributed by atoms with Gasteiger partial charge < -0.3 is 19.3 Å². The summed E-state index contributed by atoms with van der Waals surface area (Å²) in [6, 6.07) is 0. The molecule has 0 aliphatic carbocycles. The van der Waals surface area contributed by atoms with E-state index in [-0.39, 0.29) is 31.8 Å². The topological polar surface area (TPSA) is 82.1 Å². The Morgan fingerprint density at radius 3 is 2.06 bits per heavy atom. The summed E-state index contributed by atoms with van der Waals surface area (Å²) in [6.45, 7) is 6.57. The predicted octanol–water partition coefficient (Wildman–Crippen LogP) is 0.657. The lowest BCUT2D eigenvalue weighted by Crippen LogP contribution is -2.33. The number of hydrogen-bond donors (Lipinski definition) is 1. The lowest BCUT2D eigenvalue weighted by molar-refractivity contribution is -0.168. The second-order valence-corrected chi connectivity index (χ2v) is 4.31. The Labute approximate surface area is 107 Å². The number of esters is 2. The first kappa shape index (κ1) is 16.9. The minimum Gasteiger partial charge on any atom is -0.463 e. The number of aliphatic hydroxyl groups is 1. The van der Waals surface area contributed by atoms with Crippen molar-refractivity contribution in [2.75, 3.05) is 13.2 Å². The van der Waals surface area contributed by atoms with Crippen LogP contribution in [-0.2, 0) is 23.8 Å². The van der Waals surface area contributed by atoms with Crippen molar-refractivity contribution in [1.29, 1.82) is 0 Å². The molecule has 1 unspecified atom stereocenters. The van der Waals surface area contributed by atoms with E-state index in [0.29, 0.717) is 0 Å². The summed E-state index contributed by atoms with van der Waals surface area (Å²) in [6.07, 6.45) is -1.80. The summed E-state index contributed by atoms with van der Waals surface area (Å²) in [5.74, 6) is -1.16. The van der Waals surface area contributed by atoms with Crippen molar-refractivity contribution in [2.24, 2.45) is 0 Å². The van der Waals surface area contributed by atoms with Crippen LogP contribution < -0.4 is 0 Å². The fourth-order valence-corrected chi connectivity index (χ4v) is 1.18. The summed E-state index contributed by atoms with van der Waals surface area (Å²) >= 11 is 0. The fraction of sp³-hybridized carbons (Fsp3) is 0.833. The highest BCUT2D eigenvalue weighted by atomic mass is 16.6. The quantitative estimate of drug-likeness (QED) is 0.647. The summed E-state index contributed by atoms with van der Waals surface area (Å²) in [4.78, 5) is 23.1. The van der Waals surface area contributed by atoms with Crippen molar-refractivity contribution in [3.8, 4) is 0 Å². The average molecular weight is 262 g/mol. The molecule has 0 fully saturated rings. The van der Waals surface area contributed by atoms with Gasteiger partial charge in [-0.1, -0.05) is 0 Å². The van der Waals surface area contributed by atoms with Gasteiger partial charge in [0.1, 0.15) is 0 Å². The molecule has 0 spiro atoms. The maximum absolute atomic E-state index is 11.6. The maximum Gasteiger partial charge on any atom is 0.336 e. The number of rotatable bonds is 8. The van der Waals surface area contributed by atoms with E-state index in [1.165, 1.54) is 0 Å². The molecule has 106 valence electrons. The van der Waals surface area contributed by atoms with Crippen LogP contribution >= 0.6 is 0 Å². The fourth-order valence-electron chi connectivity index (χ4n) is 1.18. The molecule has 6 nitrogen and oxygen atoms in total. The third-order valence-corrected chi connectivity index (χ3v) is 1.74. The van der Waals surface area contributed by atoms with E-state index in [1.54, 1.807) is 27.7 Å². The van der Waals surface area contributed by atoms with Crippen molar-refractivity contribution in [1.82, 2.24) is 0 Å². The van der Waals surface area contributed by atoms with Crippen LogP contribution in [0.2, 0.25) is 0 Å². The average Bonchev–Trinajstić information content (AvgIpc) is 2.21. The highest BCUT2D eigenvalue weighted by molar-refractivity contribution is 5.82. The molecule has 0 aromatic heterocycles. The third-order valence-electron chi connectivity index (χ3n) is 1.74. The van der Waals surface area contributed by atoms with Crippen LogP contribution in [0.4, 0.5) is 0 Å². The van der Waals surface area contributed by atoms with Crippen LogP contribution in [0.3, 0.4) is 0 Å². The third kappa shape index (κ3) is 8.03. The van der Waals surface area contributed by atoms with Gasteiger partial charge in [-0.25, -0.2) is 4.79 Å². The zero-order valence-electron chi connectivity index (χ0n) is 11.3. The Balaban J connectivity index is 4.38. The molecule has 0 amide bonds. The molecule has 0 aromatic carbocycles. The minimum absolute atomic E-state index is 0.0349. The molecule has 0 radical (unpaired) electrons. The second-order valence-electron chi connectivity index (χ2n) is 4.31. The van der Waals surface area contributed by atoms with E-state index in [4.69, 9.17) is 19.3 Å². The normalized spacial score (nSPS) is 12.6. The Bertz CT molecular complexity index is 261. The van der Waals surface area contributed by atoms with Gasteiger partial charge in [0.05, 0.1) is 31.8 Å². The highest BCUT2D eigenvalue weighted by Gasteiger charge is 2.26. The largest absolute Gasteiger partial charge is 0.463 e. The van der Waals surface area contributed by atoms with Gasteiger partial charge in [-0.15, -0.1) is 0 Å². The molecule has 6 heteroatoms. The Kier molecular flexibility index (Phi) is 8.32. The van der Waals surface area contributed by atoms with Crippen LogP contribution in [0.15, 0.2) is 0 Å². The molecule has 0 saturated heterocycles. The van der Waals surface area contributed by atoms with Gasteiger partial charge >= 0.3 is 11.9 Å². The number of carbonyl (C=O) groups excluding carboxylic acids is 2. The summed E-state index contributed by atoms with van der Waals surface area (Å²) in [5, 5.41) is 8.67. The zero-order chi connectivity index (χ0) is 14.1. The van der Waals surface area contributed by atoms with Crippen molar-refractivity contribution < 1.29 is 28.9 Å². The van der Waals surface area contributed by atoms with Crippen LogP contribution in [0, 0.1) is 0 Å². The molecule has 1 N–H and O–H groups in total. The first-order valence-electron chi connectivity index (χ1n) is 5.99. The number of aliphatic hydroxyl groups excluding tert-OH is 1. The van der Waals surface area contributed by atoms with Crippen LogP contribution in [0.1, 0.15) is 34.1 Å². The van der Waals surface area contributed by atoms with Gasteiger partial charge in [0.25, 0.3) is 0 Å². The van der Waals surface area contributed by atoms with E-state index < -0.39 is 18.0 Å². The van der Waals surface area contributed by atoms with Crippen molar-refractivity contribution in [2.45, 2.75) is 52.4 Å². The number of hydrogen-bond acceptors (Lipinski definition) is 6. The molecule has 0 rings (SSSR count). The Morgan fingerprint density at radius 1 is 1.06 bits per heavy atom. The number of carbonyl (C=O) groups is 2. The SMILES string of the molecule is CC(C)OC(=O)CC(OCCO)C(=O)OC(C)C. The van der Waals surface area contributed by atoms with Crippen LogP contribution in [-0.4, -0.2) is 48.6 Å². The second kappa shape index (κ2) is 8.88. The van der Waals surface area contributed by atoms with Gasteiger partial charge in [0.2, 0.25) is 0 Å². The molecule has 0 aliphatic heterocycles. The smallest absolute Gasteiger partial charge is 0.336 e. The van der Waals surface area contributed by atoms with E-state index in [9.17, 15) is 9.59 Å². The first-order chi connectivity index (χ1) is 8.36. The molecule has 0 heterocycles.